The van der Waals surface area contributed by atoms with E-state index in [9.17, 15) is 4.39 Å². The zero-order valence-electron chi connectivity index (χ0n) is 7.41. The third-order valence-electron chi connectivity index (χ3n) is 1.86. The summed E-state index contributed by atoms with van der Waals surface area (Å²) in [6.45, 7) is 1.51. The predicted octanol–water partition coefficient (Wildman–Crippen LogP) is -0.177. The van der Waals surface area contributed by atoms with Gasteiger partial charge in [0.2, 0.25) is 0 Å². The van der Waals surface area contributed by atoms with Crippen LogP contribution in [0.25, 0.3) is 0 Å². The van der Waals surface area contributed by atoms with Crippen LogP contribution in [0, 0.1) is 12.7 Å². The molecule has 0 saturated carbocycles. The van der Waals surface area contributed by atoms with Crippen molar-refractivity contribution in [1.29, 1.82) is 0 Å². The number of hydrogen-bond donors (Lipinski definition) is 2. The lowest BCUT2D eigenvalue weighted by molar-refractivity contribution is 0.405. The molecule has 0 aliphatic carbocycles. The maximum Gasteiger partial charge on any atom is 0.491 e. The van der Waals surface area contributed by atoms with E-state index in [-0.39, 0.29) is 11.0 Å². The van der Waals surface area contributed by atoms with Gasteiger partial charge >= 0.3 is 7.12 Å². The van der Waals surface area contributed by atoms with Crippen LogP contribution in [0.5, 0.6) is 5.75 Å². The standard InChI is InChI=1S/C8H10BFO3/c1-5-7(13-2)4-3-6(8(5)10)9(11)12/h3-4,11-12H,1-2H3. The van der Waals surface area contributed by atoms with Gasteiger partial charge in [0.25, 0.3) is 0 Å². The van der Waals surface area contributed by atoms with E-state index in [1.54, 1.807) is 0 Å². The van der Waals surface area contributed by atoms with Crippen molar-refractivity contribution in [3.8, 4) is 5.75 Å². The smallest absolute Gasteiger partial charge is 0.491 e. The van der Waals surface area contributed by atoms with Gasteiger partial charge in [-0.2, -0.15) is 0 Å². The topological polar surface area (TPSA) is 49.7 Å². The van der Waals surface area contributed by atoms with Gasteiger partial charge < -0.3 is 14.8 Å². The number of halogens is 1. The molecule has 0 aliphatic rings. The molecule has 0 bridgehead atoms. The summed E-state index contributed by atoms with van der Waals surface area (Å²) < 4.78 is 18.2. The Labute approximate surface area is 75.9 Å². The van der Waals surface area contributed by atoms with Crippen molar-refractivity contribution >= 4 is 12.6 Å². The average molecular weight is 184 g/mol. The SMILES string of the molecule is COc1ccc(B(O)O)c(F)c1C. The highest BCUT2D eigenvalue weighted by molar-refractivity contribution is 6.58. The minimum Gasteiger partial charge on any atom is -0.496 e. The molecular formula is C8H10BFO3. The fraction of sp³-hybridized carbons (Fsp3) is 0.250. The van der Waals surface area contributed by atoms with Gasteiger partial charge in [-0.1, -0.05) is 6.07 Å². The summed E-state index contributed by atoms with van der Waals surface area (Å²) in [5.74, 6) is -0.253. The molecule has 70 valence electrons. The Morgan fingerprint density at radius 3 is 2.46 bits per heavy atom. The van der Waals surface area contributed by atoms with Gasteiger partial charge in [-0.25, -0.2) is 4.39 Å². The molecule has 0 saturated heterocycles. The van der Waals surface area contributed by atoms with Crippen molar-refractivity contribution in [3.63, 3.8) is 0 Å². The Morgan fingerprint density at radius 1 is 1.38 bits per heavy atom. The van der Waals surface area contributed by atoms with E-state index < -0.39 is 12.9 Å². The first kappa shape index (κ1) is 10.0. The van der Waals surface area contributed by atoms with E-state index in [0.29, 0.717) is 5.75 Å². The first-order chi connectivity index (χ1) is 6.07. The Kier molecular flexibility index (Phi) is 2.90. The third-order valence-corrected chi connectivity index (χ3v) is 1.86. The van der Waals surface area contributed by atoms with E-state index in [1.165, 1.54) is 26.2 Å². The molecular weight excluding hydrogens is 174 g/mol. The van der Waals surface area contributed by atoms with Gasteiger partial charge in [-0.05, 0) is 13.0 Å². The minimum absolute atomic E-state index is 0.140. The Hall–Kier alpha value is -1.07. The van der Waals surface area contributed by atoms with E-state index >= 15 is 0 Å². The summed E-state index contributed by atoms with van der Waals surface area (Å²) in [6.07, 6.45) is 0. The van der Waals surface area contributed by atoms with Crippen molar-refractivity contribution in [2.45, 2.75) is 6.92 Å². The molecule has 1 rings (SSSR count). The molecule has 0 amide bonds. The zero-order chi connectivity index (χ0) is 10.0. The second-order valence-corrected chi connectivity index (χ2v) is 2.67. The quantitative estimate of drug-likeness (QED) is 0.627. The summed E-state index contributed by atoms with van der Waals surface area (Å²) in [5, 5.41) is 17.5. The minimum atomic E-state index is -1.79. The van der Waals surface area contributed by atoms with Crippen LogP contribution in [-0.2, 0) is 0 Å². The molecule has 0 unspecified atom stereocenters. The molecule has 1 aromatic carbocycles. The number of rotatable bonds is 2. The lowest BCUT2D eigenvalue weighted by Gasteiger charge is -2.08. The average Bonchev–Trinajstić information content (AvgIpc) is 2.09. The molecule has 0 radical (unpaired) electrons. The summed E-state index contributed by atoms with van der Waals surface area (Å²) in [4.78, 5) is 0. The molecule has 0 aromatic heterocycles. The number of methoxy groups -OCH3 is 1. The Bertz CT molecular complexity index is 315. The molecule has 0 heterocycles. The predicted molar refractivity (Wildman–Crippen MR) is 47.5 cm³/mol. The van der Waals surface area contributed by atoms with Crippen molar-refractivity contribution in [2.75, 3.05) is 7.11 Å². The van der Waals surface area contributed by atoms with Crippen LogP contribution in [0.1, 0.15) is 5.56 Å². The zero-order valence-corrected chi connectivity index (χ0v) is 7.41. The normalized spacial score (nSPS) is 9.92. The highest BCUT2D eigenvalue weighted by atomic mass is 19.1. The molecule has 0 spiro atoms. The van der Waals surface area contributed by atoms with E-state index in [4.69, 9.17) is 14.8 Å². The van der Waals surface area contributed by atoms with Gasteiger partial charge in [0.05, 0.1) is 7.11 Å². The molecule has 0 atom stereocenters. The first-order valence-electron chi connectivity index (χ1n) is 3.77. The van der Waals surface area contributed by atoms with Crippen LogP contribution >= 0.6 is 0 Å². The van der Waals surface area contributed by atoms with Crippen molar-refractivity contribution < 1.29 is 19.2 Å². The van der Waals surface area contributed by atoms with Crippen molar-refractivity contribution in [3.05, 3.63) is 23.5 Å². The summed E-state index contributed by atoms with van der Waals surface area (Å²) >= 11 is 0. The van der Waals surface area contributed by atoms with Crippen molar-refractivity contribution in [1.82, 2.24) is 0 Å². The van der Waals surface area contributed by atoms with Crippen molar-refractivity contribution in [2.24, 2.45) is 0 Å². The van der Waals surface area contributed by atoms with E-state index in [0.717, 1.165) is 0 Å². The fourth-order valence-corrected chi connectivity index (χ4v) is 1.11. The highest BCUT2D eigenvalue weighted by Crippen LogP contribution is 2.18. The number of benzene rings is 1. The lowest BCUT2D eigenvalue weighted by atomic mass is 9.79. The van der Waals surface area contributed by atoms with Gasteiger partial charge in [-0.15, -0.1) is 0 Å². The molecule has 13 heavy (non-hydrogen) atoms. The molecule has 5 heteroatoms. The van der Waals surface area contributed by atoms with Gasteiger partial charge in [-0.3, -0.25) is 0 Å². The van der Waals surface area contributed by atoms with Crippen LogP contribution in [0.3, 0.4) is 0 Å². The highest BCUT2D eigenvalue weighted by Gasteiger charge is 2.19. The maximum atomic E-state index is 13.3. The van der Waals surface area contributed by atoms with Crippen LogP contribution < -0.4 is 10.2 Å². The summed E-state index contributed by atoms with van der Waals surface area (Å²) in [7, 11) is -0.360. The largest absolute Gasteiger partial charge is 0.496 e. The third kappa shape index (κ3) is 1.81. The fourth-order valence-electron chi connectivity index (χ4n) is 1.11. The second-order valence-electron chi connectivity index (χ2n) is 2.67. The lowest BCUT2D eigenvalue weighted by Crippen LogP contribution is -2.33. The van der Waals surface area contributed by atoms with Crippen LogP contribution in [0.2, 0.25) is 0 Å². The van der Waals surface area contributed by atoms with Crippen LogP contribution in [0.4, 0.5) is 4.39 Å². The van der Waals surface area contributed by atoms with Gasteiger partial charge in [0.1, 0.15) is 11.6 Å². The molecule has 2 N–H and O–H groups in total. The molecule has 0 aliphatic heterocycles. The molecule has 1 aromatic rings. The van der Waals surface area contributed by atoms with E-state index in [1.807, 2.05) is 0 Å². The van der Waals surface area contributed by atoms with E-state index in [2.05, 4.69) is 0 Å². The Morgan fingerprint density at radius 2 is 2.00 bits per heavy atom. The first-order valence-corrected chi connectivity index (χ1v) is 3.77. The second kappa shape index (κ2) is 3.76. The Balaban J connectivity index is 3.23. The van der Waals surface area contributed by atoms with Crippen LogP contribution in [-0.4, -0.2) is 24.3 Å². The molecule has 3 nitrogen and oxygen atoms in total. The number of ether oxygens (including phenoxy) is 1. The molecule has 0 fully saturated rings. The van der Waals surface area contributed by atoms with Crippen LogP contribution in [0.15, 0.2) is 12.1 Å². The maximum absolute atomic E-state index is 13.3. The van der Waals surface area contributed by atoms with Gasteiger partial charge in [0, 0.05) is 11.0 Å². The summed E-state index contributed by atoms with van der Waals surface area (Å²) in [6, 6.07) is 2.78. The number of hydrogen-bond acceptors (Lipinski definition) is 3. The van der Waals surface area contributed by atoms with Gasteiger partial charge in [0.15, 0.2) is 0 Å². The monoisotopic (exact) mass is 184 g/mol. The summed E-state index contributed by atoms with van der Waals surface area (Å²) in [5.41, 5.74) is 0.131.